The number of nitrogens with two attached hydrogens (primary N) is 1. The van der Waals surface area contributed by atoms with Crippen LogP contribution in [0.25, 0.3) is 17.1 Å². The molecule has 3 aromatic rings. The number of amides is 1. The summed E-state index contributed by atoms with van der Waals surface area (Å²) >= 11 is 0. The zero-order chi connectivity index (χ0) is 22.1. The molecule has 0 spiro atoms. The van der Waals surface area contributed by atoms with E-state index in [1.807, 2.05) is 16.8 Å². The first-order valence-corrected chi connectivity index (χ1v) is 10.8. The van der Waals surface area contributed by atoms with Crippen LogP contribution in [-0.2, 0) is 0 Å². The van der Waals surface area contributed by atoms with Crippen molar-refractivity contribution in [2.75, 3.05) is 32.1 Å². The summed E-state index contributed by atoms with van der Waals surface area (Å²) in [6.07, 6.45) is 1.02. The van der Waals surface area contributed by atoms with Crippen LogP contribution in [0.1, 0.15) is 42.4 Å². The van der Waals surface area contributed by atoms with Crippen molar-refractivity contribution < 1.29 is 4.79 Å². The number of hydrogen-bond acceptors (Lipinski definition) is 5. The highest BCUT2D eigenvalue weighted by Crippen LogP contribution is 2.34. The normalized spacial score (nSPS) is 19.0. The molecule has 1 fully saturated rings. The fraction of sp³-hybridized carbons (Fsp3) is 0.375. The van der Waals surface area contributed by atoms with E-state index in [1.165, 1.54) is 0 Å². The summed E-state index contributed by atoms with van der Waals surface area (Å²) in [5.41, 5.74) is 8.90. The van der Waals surface area contributed by atoms with Crippen molar-refractivity contribution >= 4 is 11.6 Å². The molecule has 1 saturated heterocycles. The predicted octanol–water partition coefficient (Wildman–Crippen LogP) is 3.30. The van der Waals surface area contributed by atoms with Crippen LogP contribution in [-0.4, -0.2) is 58.8 Å². The molecule has 1 aliphatic rings. The first-order valence-electron chi connectivity index (χ1n) is 10.8. The van der Waals surface area contributed by atoms with E-state index in [1.54, 1.807) is 12.1 Å². The summed E-state index contributed by atoms with van der Waals surface area (Å²) < 4.78 is 1.88. The average molecular weight is 419 g/mol. The molecule has 4 rings (SSSR count). The molecule has 0 saturated carbocycles. The number of likely N-dealkylation sites (N-methyl/N-ethyl adjacent to an activating group) is 1. The maximum Gasteiger partial charge on any atom is 0.248 e. The van der Waals surface area contributed by atoms with Crippen molar-refractivity contribution in [2.45, 2.75) is 32.2 Å². The Morgan fingerprint density at radius 1 is 1.23 bits per heavy atom. The van der Waals surface area contributed by atoms with E-state index in [9.17, 15) is 4.79 Å². The number of rotatable bonds is 6. The Labute approximate surface area is 183 Å². The minimum atomic E-state index is -0.451. The summed E-state index contributed by atoms with van der Waals surface area (Å²) in [6.45, 7) is 6.32. The number of likely N-dealkylation sites (tertiary alicyclic amines) is 1. The maximum atomic E-state index is 11.7. The fourth-order valence-electron chi connectivity index (χ4n) is 4.15. The van der Waals surface area contributed by atoms with Crippen LogP contribution in [0, 0.1) is 0 Å². The summed E-state index contributed by atoms with van der Waals surface area (Å²) in [6, 6.07) is 16.0. The zero-order valence-electron chi connectivity index (χ0n) is 18.6. The van der Waals surface area contributed by atoms with Gasteiger partial charge in [0.05, 0.1) is 5.69 Å². The van der Waals surface area contributed by atoms with Crippen molar-refractivity contribution in [2.24, 2.45) is 5.73 Å². The maximum absolute atomic E-state index is 11.7. The number of primary amides is 1. The van der Waals surface area contributed by atoms with Crippen LogP contribution < -0.4 is 10.6 Å². The Hall–Kier alpha value is -3.19. The van der Waals surface area contributed by atoms with Crippen molar-refractivity contribution in [1.29, 1.82) is 0 Å². The highest BCUT2D eigenvalue weighted by molar-refractivity contribution is 5.93. The molecule has 162 valence electrons. The van der Waals surface area contributed by atoms with Gasteiger partial charge in [0.1, 0.15) is 5.82 Å². The Morgan fingerprint density at radius 3 is 2.58 bits per heavy atom. The highest BCUT2D eigenvalue weighted by Gasteiger charge is 2.34. The third kappa shape index (κ3) is 4.05. The molecule has 0 radical (unpaired) electrons. The second-order valence-corrected chi connectivity index (χ2v) is 8.30. The van der Waals surface area contributed by atoms with E-state index in [2.05, 4.69) is 62.0 Å². The van der Waals surface area contributed by atoms with Crippen LogP contribution in [0.4, 0.5) is 5.69 Å². The van der Waals surface area contributed by atoms with Gasteiger partial charge < -0.3 is 15.5 Å². The van der Waals surface area contributed by atoms with Crippen LogP contribution >= 0.6 is 0 Å². The summed E-state index contributed by atoms with van der Waals surface area (Å²) in [4.78, 5) is 21.2. The van der Waals surface area contributed by atoms with Gasteiger partial charge >= 0.3 is 0 Å². The average Bonchev–Trinajstić information content (AvgIpc) is 3.37. The van der Waals surface area contributed by atoms with E-state index < -0.39 is 5.91 Å². The lowest BCUT2D eigenvalue weighted by Gasteiger charge is -2.20. The number of aromatic nitrogens is 3. The fourth-order valence-corrected chi connectivity index (χ4v) is 4.15. The monoisotopic (exact) mass is 418 g/mol. The van der Waals surface area contributed by atoms with Gasteiger partial charge in [-0.1, -0.05) is 6.07 Å². The number of nitrogens with zero attached hydrogens (tertiary/aromatic N) is 5. The standard InChI is InChI=1S/C24H30N6O/c1-5-28(3)19-11-9-17(10-12-19)23-26-24(21-13-14-29(4)16(21)2)30(27-23)20-8-6-7-18(15-20)22(25)31/h6-12,15-16,21H,5,13-14H2,1-4H3,(H2,25,31)/t16-,21-/m1/s1. The first-order chi connectivity index (χ1) is 14.9. The molecule has 7 heteroatoms. The quantitative estimate of drug-likeness (QED) is 0.664. The van der Waals surface area contributed by atoms with E-state index in [-0.39, 0.29) is 5.92 Å². The van der Waals surface area contributed by atoms with Crippen LogP contribution in [0.15, 0.2) is 48.5 Å². The van der Waals surface area contributed by atoms with Gasteiger partial charge in [-0.15, -0.1) is 5.10 Å². The molecule has 2 N–H and O–H groups in total. The van der Waals surface area contributed by atoms with Crippen LogP contribution in [0.5, 0.6) is 0 Å². The first kappa shape index (κ1) is 21.1. The number of carbonyl (C=O) groups excluding carboxylic acids is 1. The molecule has 1 aliphatic heterocycles. The van der Waals surface area contributed by atoms with Crippen molar-refractivity contribution in [3.8, 4) is 17.1 Å². The topological polar surface area (TPSA) is 80.3 Å². The van der Waals surface area contributed by atoms with Crippen molar-refractivity contribution in [3.63, 3.8) is 0 Å². The Bertz CT molecular complexity index is 1070. The van der Waals surface area contributed by atoms with E-state index in [4.69, 9.17) is 15.8 Å². The van der Waals surface area contributed by atoms with Crippen LogP contribution in [0.2, 0.25) is 0 Å². The Morgan fingerprint density at radius 2 is 1.97 bits per heavy atom. The lowest BCUT2D eigenvalue weighted by Crippen LogP contribution is -2.26. The highest BCUT2D eigenvalue weighted by atomic mass is 16.1. The molecule has 7 nitrogen and oxygen atoms in total. The minimum Gasteiger partial charge on any atom is -0.375 e. The smallest absolute Gasteiger partial charge is 0.248 e. The zero-order valence-corrected chi connectivity index (χ0v) is 18.6. The van der Waals surface area contributed by atoms with Gasteiger partial charge in [-0.3, -0.25) is 4.79 Å². The largest absolute Gasteiger partial charge is 0.375 e. The van der Waals surface area contributed by atoms with E-state index >= 15 is 0 Å². The van der Waals surface area contributed by atoms with Gasteiger partial charge in [-0.2, -0.15) is 0 Å². The summed E-state index contributed by atoms with van der Waals surface area (Å²) in [5.74, 6) is 1.41. The number of anilines is 1. The number of benzene rings is 2. The Balaban J connectivity index is 1.79. The van der Waals surface area contributed by atoms with Crippen molar-refractivity contribution in [1.82, 2.24) is 19.7 Å². The van der Waals surface area contributed by atoms with Gasteiger partial charge in [0.25, 0.3) is 0 Å². The number of hydrogen-bond donors (Lipinski definition) is 1. The van der Waals surface area contributed by atoms with E-state index in [0.29, 0.717) is 17.4 Å². The van der Waals surface area contributed by atoms with E-state index in [0.717, 1.165) is 42.3 Å². The molecule has 31 heavy (non-hydrogen) atoms. The minimum absolute atomic E-state index is 0.258. The third-order valence-electron chi connectivity index (χ3n) is 6.45. The second-order valence-electron chi connectivity index (χ2n) is 8.30. The SMILES string of the molecule is CCN(C)c1ccc(-c2nc([C@@H]3CCN(C)[C@@H]3C)n(-c3cccc(C(N)=O)c3)n2)cc1. The molecule has 2 heterocycles. The molecule has 1 amide bonds. The molecule has 1 aromatic heterocycles. The molecule has 0 unspecified atom stereocenters. The lowest BCUT2D eigenvalue weighted by molar-refractivity contribution is 0.1000. The lowest BCUT2D eigenvalue weighted by atomic mass is 10.0. The molecular weight excluding hydrogens is 388 g/mol. The summed E-state index contributed by atoms with van der Waals surface area (Å²) in [5, 5.41) is 4.87. The summed E-state index contributed by atoms with van der Waals surface area (Å²) in [7, 11) is 4.22. The molecule has 0 aliphatic carbocycles. The predicted molar refractivity (Wildman–Crippen MR) is 124 cm³/mol. The molecular formula is C24H30N6O. The van der Waals surface area contributed by atoms with Crippen LogP contribution in [0.3, 0.4) is 0 Å². The second kappa shape index (κ2) is 8.51. The van der Waals surface area contributed by atoms with Crippen molar-refractivity contribution in [3.05, 3.63) is 59.9 Å². The molecule has 2 atom stereocenters. The van der Waals surface area contributed by atoms with Gasteiger partial charge in [0.15, 0.2) is 5.82 Å². The third-order valence-corrected chi connectivity index (χ3v) is 6.45. The van der Waals surface area contributed by atoms with Gasteiger partial charge in [0, 0.05) is 42.4 Å². The molecule has 2 aromatic carbocycles. The number of carbonyl (C=O) groups is 1. The Kier molecular flexibility index (Phi) is 5.78. The van der Waals surface area contributed by atoms with Gasteiger partial charge in [0.2, 0.25) is 5.91 Å². The van der Waals surface area contributed by atoms with Gasteiger partial charge in [-0.25, -0.2) is 9.67 Å². The van der Waals surface area contributed by atoms with Gasteiger partial charge in [-0.05, 0) is 76.3 Å². The molecule has 0 bridgehead atoms.